The van der Waals surface area contributed by atoms with E-state index in [4.69, 9.17) is 5.73 Å². The summed E-state index contributed by atoms with van der Waals surface area (Å²) in [5.74, 6) is -2.23. The molecule has 0 aliphatic carbocycles. The highest BCUT2D eigenvalue weighted by atomic mass is 79.9. The van der Waals surface area contributed by atoms with Gasteiger partial charge in [0.1, 0.15) is 16.5 Å². The number of nitrogens with two attached hydrogens (primary N) is 1. The number of sulfone groups is 1. The Morgan fingerprint density at radius 2 is 1.80 bits per heavy atom. The third-order valence-corrected chi connectivity index (χ3v) is 5.06. The zero-order valence-corrected chi connectivity index (χ0v) is 12.5. The largest absolute Gasteiger partial charge is 0.399 e. The molecule has 0 heterocycles. The van der Waals surface area contributed by atoms with Crippen LogP contribution in [-0.4, -0.2) is 8.42 Å². The summed E-state index contributed by atoms with van der Waals surface area (Å²) in [6.07, 6.45) is 0. The molecular weight excluding hydrogens is 352 g/mol. The van der Waals surface area contributed by atoms with Crippen LogP contribution in [0.25, 0.3) is 0 Å². The van der Waals surface area contributed by atoms with Crippen LogP contribution in [0.2, 0.25) is 0 Å². The van der Waals surface area contributed by atoms with Crippen LogP contribution in [0.4, 0.5) is 14.5 Å². The molecule has 2 rings (SSSR count). The SMILES string of the molecule is Nc1ccc(CS(=O)(=O)c2cc(F)ccc2F)c(Br)c1. The molecule has 0 saturated carbocycles. The first-order chi connectivity index (χ1) is 9.29. The second-order valence-corrected chi connectivity index (χ2v) is 7.00. The number of nitrogen functional groups attached to an aromatic ring is 1. The van der Waals surface area contributed by atoms with E-state index in [0.29, 0.717) is 21.8 Å². The molecular formula is C13H10BrF2NO2S. The second-order valence-electron chi connectivity index (χ2n) is 4.18. The van der Waals surface area contributed by atoms with Gasteiger partial charge in [0.05, 0.1) is 5.75 Å². The molecule has 0 amide bonds. The zero-order chi connectivity index (χ0) is 14.9. The quantitative estimate of drug-likeness (QED) is 0.853. The Balaban J connectivity index is 2.43. The summed E-state index contributed by atoms with van der Waals surface area (Å²) in [5.41, 5.74) is 6.44. The maximum absolute atomic E-state index is 13.6. The van der Waals surface area contributed by atoms with Gasteiger partial charge in [-0.2, -0.15) is 0 Å². The Hall–Kier alpha value is -1.47. The monoisotopic (exact) mass is 361 g/mol. The predicted molar refractivity (Wildman–Crippen MR) is 75.8 cm³/mol. The number of benzene rings is 2. The van der Waals surface area contributed by atoms with Gasteiger partial charge in [-0.25, -0.2) is 17.2 Å². The zero-order valence-electron chi connectivity index (χ0n) is 10.1. The molecule has 0 atom stereocenters. The van der Waals surface area contributed by atoms with E-state index < -0.39 is 32.1 Å². The van der Waals surface area contributed by atoms with E-state index in [1.807, 2.05) is 0 Å². The van der Waals surface area contributed by atoms with E-state index in [-0.39, 0.29) is 0 Å². The van der Waals surface area contributed by atoms with Crippen LogP contribution in [0, 0.1) is 11.6 Å². The molecule has 0 saturated heterocycles. The van der Waals surface area contributed by atoms with Crippen LogP contribution >= 0.6 is 15.9 Å². The van der Waals surface area contributed by atoms with E-state index in [9.17, 15) is 17.2 Å². The highest BCUT2D eigenvalue weighted by Gasteiger charge is 2.21. The molecule has 0 bridgehead atoms. The van der Waals surface area contributed by atoms with Crippen molar-refractivity contribution in [2.24, 2.45) is 0 Å². The lowest BCUT2D eigenvalue weighted by Gasteiger charge is -2.08. The summed E-state index contributed by atoms with van der Waals surface area (Å²) in [6.45, 7) is 0. The normalized spacial score (nSPS) is 11.6. The molecule has 2 N–H and O–H groups in total. The third-order valence-electron chi connectivity index (χ3n) is 2.65. The van der Waals surface area contributed by atoms with E-state index in [1.165, 1.54) is 12.1 Å². The minimum Gasteiger partial charge on any atom is -0.399 e. The first-order valence-corrected chi connectivity index (χ1v) is 7.96. The topological polar surface area (TPSA) is 60.2 Å². The van der Waals surface area contributed by atoms with Gasteiger partial charge < -0.3 is 5.73 Å². The number of anilines is 1. The van der Waals surface area contributed by atoms with Crippen molar-refractivity contribution < 1.29 is 17.2 Å². The Morgan fingerprint density at radius 1 is 1.10 bits per heavy atom. The van der Waals surface area contributed by atoms with Gasteiger partial charge in [-0.3, -0.25) is 0 Å². The summed E-state index contributed by atoms with van der Waals surface area (Å²) in [6, 6.07) is 6.95. The van der Waals surface area contributed by atoms with Gasteiger partial charge >= 0.3 is 0 Å². The number of hydrogen-bond acceptors (Lipinski definition) is 3. The van der Waals surface area contributed by atoms with Crippen molar-refractivity contribution in [3.8, 4) is 0 Å². The fourth-order valence-corrected chi connectivity index (χ4v) is 3.87. The van der Waals surface area contributed by atoms with Gasteiger partial charge in [0.15, 0.2) is 9.84 Å². The van der Waals surface area contributed by atoms with Crippen molar-refractivity contribution in [1.82, 2.24) is 0 Å². The average molecular weight is 362 g/mol. The molecule has 0 aliphatic heterocycles. The van der Waals surface area contributed by atoms with E-state index >= 15 is 0 Å². The van der Waals surface area contributed by atoms with Crippen molar-refractivity contribution in [3.63, 3.8) is 0 Å². The van der Waals surface area contributed by atoms with Crippen LogP contribution < -0.4 is 5.73 Å². The van der Waals surface area contributed by atoms with Crippen LogP contribution in [-0.2, 0) is 15.6 Å². The first kappa shape index (κ1) is 14.9. The van der Waals surface area contributed by atoms with E-state index in [2.05, 4.69) is 15.9 Å². The molecule has 106 valence electrons. The van der Waals surface area contributed by atoms with Crippen LogP contribution in [0.3, 0.4) is 0 Å². The molecule has 0 radical (unpaired) electrons. The Labute approximate surface area is 123 Å². The highest BCUT2D eigenvalue weighted by Crippen LogP contribution is 2.26. The fraction of sp³-hybridized carbons (Fsp3) is 0.0769. The predicted octanol–water partition coefficient (Wildman–Crippen LogP) is 3.28. The van der Waals surface area contributed by atoms with Gasteiger partial charge in [-0.1, -0.05) is 22.0 Å². The van der Waals surface area contributed by atoms with Crippen molar-refractivity contribution in [1.29, 1.82) is 0 Å². The fourth-order valence-electron chi connectivity index (χ4n) is 1.68. The van der Waals surface area contributed by atoms with Crippen LogP contribution in [0.15, 0.2) is 45.8 Å². The van der Waals surface area contributed by atoms with Crippen molar-refractivity contribution in [2.45, 2.75) is 10.6 Å². The Bertz CT molecular complexity index is 763. The lowest BCUT2D eigenvalue weighted by Crippen LogP contribution is -2.08. The minimum absolute atomic E-state index is 0.419. The molecule has 2 aromatic rings. The lowest BCUT2D eigenvalue weighted by molar-refractivity contribution is 0.552. The second kappa shape index (κ2) is 5.49. The van der Waals surface area contributed by atoms with Crippen molar-refractivity contribution >= 4 is 31.5 Å². The average Bonchev–Trinajstić information content (AvgIpc) is 2.35. The maximum atomic E-state index is 13.6. The van der Waals surface area contributed by atoms with E-state index in [0.717, 1.165) is 12.1 Å². The van der Waals surface area contributed by atoms with Gasteiger partial charge in [0.25, 0.3) is 0 Å². The molecule has 0 unspecified atom stereocenters. The summed E-state index contributed by atoms with van der Waals surface area (Å²) in [4.78, 5) is -0.652. The number of halogens is 3. The molecule has 7 heteroatoms. The number of rotatable bonds is 3. The molecule has 0 spiro atoms. The smallest absolute Gasteiger partial charge is 0.185 e. The lowest BCUT2D eigenvalue weighted by atomic mass is 10.2. The summed E-state index contributed by atoms with van der Waals surface area (Å²) >= 11 is 3.19. The molecule has 3 nitrogen and oxygen atoms in total. The van der Waals surface area contributed by atoms with Crippen molar-refractivity contribution in [3.05, 3.63) is 58.1 Å². The molecule has 20 heavy (non-hydrogen) atoms. The first-order valence-electron chi connectivity index (χ1n) is 5.51. The summed E-state index contributed by atoms with van der Waals surface area (Å²) in [7, 11) is -3.99. The number of hydrogen-bond donors (Lipinski definition) is 1. The summed E-state index contributed by atoms with van der Waals surface area (Å²) in [5, 5.41) is 0. The standard InChI is InChI=1S/C13H10BrF2NO2S/c14-11-6-10(17)3-1-8(11)7-20(18,19)13-5-9(15)2-4-12(13)16/h1-6H,7,17H2. The Kier molecular flexibility index (Phi) is 4.10. The Morgan fingerprint density at radius 3 is 2.45 bits per heavy atom. The van der Waals surface area contributed by atoms with Gasteiger partial charge in [0.2, 0.25) is 0 Å². The van der Waals surface area contributed by atoms with Gasteiger partial charge in [-0.15, -0.1) is 0 Å². The summed E-state index contributed by atoms with van der Waals surface area (Å²) < 4.78 is 51.5. The molecule has 0 aliphatic rings. The van der Waals surface area contributed by atoms with Crippen LogP contribution in [0.1, 0.15) is 5.56 Å². The van der Waals surface area contributed by atoms with Crippen LogP contribution in [0.5, 0.6) is 0 Å². The minimum atomic E-state index is -3.99. The van der Waals surface area contributed by atoms with Crippen molar-refractivity contribution in [2.75, 3.05) is 5.73 Å². The molecule has 0 aromatic heterocycles. The molecule has 2 aromatic carbocycles. The van der Waals surface area contributed by atoms with E-state index in [1.54, 1.807) is 6.07 Å². The highest BCUT2D eigenvalue weighted by molar-refractivity contribution is 9.10. The van der Waals surface area contributed by atoms with Gasteiger partial charge in [0, 0.05) is 10.2 Å². The third kappa shape index (κ3) is 3.16. The maximum Gasteiger partial charge on any atom is 0.185 e. The van der Waals surface area contributed by atoms with Gasteiger partial charge in [-0.05, 0) is 35.9 Å². The molecule has 0 fully saturated rings.